The third kappa shape index (κ3) is 5.32. The van der Waals surface area contributed by atoms with Crippen LogP contribution < -0.4 is 30.2 Å². The molecule has 2 aliphatic heterocycles. The Morgan fingerprint density at radius 3 is 1.69 bits per heavy atom. The summed E-state index contributed by atoms with van der Waals surface area (Å²) in [6.07, 6.45) is 11.5. The molecule has 2 unspecified atom stereocenters. The normalized spacial score (nSPS) is 16.9. The van der Waals surface area contributed by atoms with E-state index in [-0.39, 0.29) is 18.5 Å². The van der Waals surface area contributed by atoms with Crippen LogP contribution in [0.5, 0.6) is 17.2 Å². The minimum absolute atomic E-state index is 0.0249. The largest absolute Gasteiger partial charge is 0.459 e. The Balaban J connectivity index is 1.11. The third-order valence-electron chi connectivity index (χ3n) is 12.3. The van der Waals surface area contributed by atoms with Crippen LogP contribution in [-0.2, 0) is 0 Å². The summed E-state index contributed by atoms with van der Waals surface area (Å²) < 4.78 is 14.1. The number of benzene rings is 8. The maximum absolute atomic E-state index is 7.11. The number of anilines is 5. The zero-order valence-corrected chi connectivity index (χ0v) is 32.2. The van der Waals surface area contributed by atoms with Gasteiger partial charge in [-0.3, -0.25) is 0 Å². The molecule has 0 fully saturated rings. The highest BCUT2D eigenvalue weighted by Crippen LogP contribution is 2.50. The van der Waals surface area contributed by atoms with Gasteiger partial charge in [-0.25, -0.2) is 0 Å². The van der Waals surface area contributed by atoms with Crippen molar-refractivity contribution in [2.75, 3.05) is 9.80 Å². The highest BCUT2D eigenvalue weighted by Gasteiger charge is 2.48. The second kappa shape index (κ2) is 13.6. The molecular formula is C54H37BN2O2. The molecule has 0 saturated heterocycles. The van der Waals surface area contributed by atoms with Crippen molar-refractivity contribution in [1.82, 2.24) is 0 Å². The number of hydrogen-bond donors (Lipinski definition) is 0. The summed E-state index contributed by atoms with van der Waals surface area (Å²) in [5, 5.41) is 4.73. The van der Waals surface area contributed by atoms with Crippen molar-refractivity contribution in [2.45, 2.75) is 0 Å². The first kappa shape index (κ1) is 33.6. The fourth-order valence-corrected chi connectivity index (χ4v) is 9.89. The number of ether oxygens (including phenoxy) is 2. The smallest absolute Gasteiger partial charge is 0.257 e. The van der Waals surface area contributed by atoms with E-state index in [0.29, 0.717) is 0 Å². The van der Waals surface area contributed by atoms with Crippen molar-refractivity contribution in [2.24, 2.45) is 11.8 Å². The molecule has 12 rings (SSSR count). The van der Waals surface area contributed by atoms with Gasteiger partial charge in [0.15, 0.2) is 0 Å². The van der Waals surface area contributed by atoms with Crippen LogP contribution in [0.4, 0.5) is 28.4 Å². The van der Waals surface area contributed by atoms with Gasteiger partial charge in [0, 0.05) is 63.0 Å². The van der Waals surface area contributed by atoms with E-state index >= 15 is 0 Å². The molecule has 59 heavy (non-hydrogen) atoms. The van der Waals surface area contributed by atoms with E-state index in [4.69, 9.17) is 9.47 Å². The standard InChI is InChI=1S/C54H37BN2O2/c1-4-20-37(21-5-1)56(38-22-6-2-7-23-38)46-34-50-52(43-29-14-12-27-41(43)46)55-53-44-30-15-13-28-42(44)47(35-51(53)59-49-33-17-32-48(58-50)54(49)55)57(39-24-8-3-9-25-39)45-31-16-19-36-18-10-11-26-40(36)45/h1-35,42,44H. The summed E-state index contributed by atoms with van der Waals surface area (Å²) in [4.78, 5) is 4.79. The molecule has 8 aromatic rings. The van der Waals surface area contributed by atoms with Crippen LogP contribution in [-0.4, -0.2) is 6.71 Å². The average molecular weight is 757 g/mol. The predicted octanol–water partition coefficient (Wildman–Crippen LogP) is 12.5. The Labute approximate surface area is 344 Å². The van der Waals surface area contributed by atoms with Crippen molar-refractivity contribution in [3.05, 3.63) is 229 Å². The minimum Gasteiger partial charge on any atom is -0.459 e. The van der Waals surface area contributed by atoms with Crippen LogP contribution in [0.15, 0.2) is 229 Å². The van der Waals surface area contributed by atoms with Gasteiger partial charge in [0.2, 0.25) is 0 Å². The van der Waals surface area contributed by atoms with Gasteiger partial charge in [0.05, 0.1) is 11.4 Å². The number of nitrogens with zero attached hydrogens (tertiary/aromatic N) is 2. The van der Waals surface area contributed by atoms with Crippen LogP contribution in [0.3, 0.4) is 0 Å². The molecule has 0 saturated carbocycles. The van der Waals surface area contributed by atoms with Gasteiger partial charge in [-0.2, -0.15) is 0 Å². The van der Waals surface area contributed by atoms with Gasteiger partial charge in [0.25, 0.3) is 6.71 Å². The van der Waals surface area contributed by atoms with Crippen LogP contribution in [0.2, 0.25) is 0 Å². The first-order valence-electron chi connectivity index (χ1n) is 20.4. The fourth-order valence-electron chi connectivity index (χ4n) is 9.89. The van der Waals surface area contributed by atoms with Gasteiger partial charge in [-0.15, -0.1) is 0 Å². The Hall–Kier alpha value is -7.50. The van der Waals surface area contributed by atoms with Crippen molar-refractivity contribution in [1.29, 1.82) is 0 Å². The number of rotatable bonds is 6. The number of para-hydroxylation sites is 3. The van der Waals surface area contributed by atoms with Crippen molar-refractivity contribution >= 4 is 67.6 Å². The number of allylic oxidation sites excluding steroid dienone is 6. The summed E-state index contributed by atoms with van der Waals surface area (Å²) in [5.41, 5.74) is 10.2. The van der Waals surface area contributed by atoms with Gasteiger partial charge in [-0.05, 0) is 76.3 Å². The van der Waals surface area contributed by atoms with E-state index in [9.17, 15) is 0 Å². The second-order valence-electron chi connectivity index (χ2n) is 15.5. The zero-order chi connectivity index (χ0) is 38.9. The zero-order valence-electron chi connectivity index (χ0n) is 32.2. The molecule has 4 aliphatic rings. The molecule has 8 aromatic carbocycles. The van der Waals surface area contributed by atoms with E-state index in [2.05, 4.69) is 222 Å². The number of hydrogen-bond acceptors (Lipinski definition) is 4. The molecule has 0 bridgehead atoms. The summed E-state index contributed by atoms with van der Waals surface area (Å²) in [6.45, 7) is -0.0984. The lowest BCUT2D eigenvalue weighted by atomic mass is 9.31. The Bertz CT molecular complexity index is 3040. The maximum Gasteiger partial charge on any atom is 0.257 e. The molecule has 0 N–H and O–H groups in total. The van der Waals surface area contributed by atoms with Crippen LogP contribution in [0.25, 0.3) is 21.5 Å². The molecule has 278 valence electrons. The highest BCUT2D eigenvalue weighted by atomic mass is 16.5. The van der Waals surface area contributed by atoms with Gasteiger partial charge >= 0.3 is 0 Å². The lowest BCUT2D eigenvalue weighted by molar-refractivity contribution is 0.411. The highest BCUT2D eigenvalue weighted by molar-refractivity contribution is 6.95. The van der Waals surface area contributed by atoms with Crippen molar-refractivity contribution < 1.29 is 9.47 Å². The first-order valence-corrected chi connectivity index (χ1v) is 20.4. The lowest BCUT2D eigenvalue weighted by Crippen LogP contribution is -2.54. The predicted molar refractivity (Wildman–Crippen MR) is 244 cm³/mol. The Morgan fingerprint density at radius 2 is 0.983 bits per heavy atom. The minimum atomic E-state index is -0.0984. The topological polar surface area (TPSA) is 24.9 Å². The second-order valence-corrected chi connectivity index (χ2v) is 15.5. The molecule has 2 aliphatic carbocycles. The fraction of sp³-hybridized carbons (Fsp3) is 0.0370. The van der Waals surface area contributed by atoms with Crippen molar-refractivity contribution in [3.63, 3.8) is 0 Å². The molecule has 0 aromatic heterocycles. The summed E-state index contributed by atoms with van der Waals surface area (Å²) in [7, 11) is 0. The molecule has 2 atom stereocenters. The third-order valence-corrected chi connectivity index (χ3v) is 12.3. The van der Waals surface area contributed by atoms with E-state index < -0.39 is 0 Å². The molecule has 0 radical (unpaired) electrons. The van der Waals surface area contributed by atoms with Gasteiger partial charge in [0.1, 0.15) is 23.0 Å². The summed E-state index contributed by atoms with van der Waals surface area (Å²) >= 11 is 0. The van der Waals surface area contributed by atoms with E-state index in [0.717, 1.165) is 62.3 Å². The SMILES string of the molecule is C1=CC2C(N(c3ccccc3)c3cccc4ccccc34)=CC3=C(B4c5c(cccc5Oc5cc(N(c6ccccc6)c6ccccc6)c6ccccc6c54)O3)C2C=C1. The van der Waals surface area contributed by atoms with E-state index in [1.807, 2.05) is 0 Å². The molecule has 2 heterocycles. The Kier molecular flexibility index (Phi) is 7.73. The molecule has 5 heteroatoms. The van der Waals surface area contributed by atoms with Crippen LogP contribution in [0, 0.1) is 11.8 Å². The van der Waals surface area contributed by atoms with E-state index in [1.54, 1.807) is 0 Å². The maximum atomic E-state index is 7.11. The Morgan fingerprint density at radius 1 is 0.424 bits per heavy atom. The van der Waals surface area contributed by atoms with Gasteiger partial charge < -0.3 is 19.3 Å². The molecule has 0 amide bonds. The summed E-state index contributed by atoms with van der Waals surface area (Å²) in [5.74, 6) is 3.49. The van der Waals surface area contributed by atoms with Crippen LogP contribution in [0.1, 0.15) is 0 Å². The van der Waals surface area contributed by atoms with E-state index in [1.165, 1.54) is 32.8 Å². The molecule has 0 spiro atoms. The molecule has 4 nitrogen and oxygen atoms in total. The lowest BCUT2D eigenvalue weighted by Gasteiger charge is -2.44. The molecular weight excluding hydrogens is 719 g/mol. The number of fused-ring (bicyclic) bond motifs is 8. The first-order chi connectivity index (χ1) is 29.3. The van der Waals surface area contributed by atoms with Gasteiger partial charge in [-0.1, -0.05) is 146 Å². The summed E-state index contributed by atoms with van der Waals surface area (Å²) in [6, 6.07) is 64.6. The monoisotopic (exact) mass is 756 g/mol. The quantitative estimate of drug-likeness (QED) is 0.158. The van der Waals surface area contributed by atoms with Crippen molar-refractivity contribution in [3.8, 4) is 17.2 Å². The van der Waals surface area contributed by atoms with Crippen LogP contribution >= 0.6 is 0 Å². The average Bonchev–Trinajstić information content (AvgIpc) is 3.30.